The Kier molecular flexibility index (Phi) is 4.93. The molecule has 0 bridgehead atoms. The monoisotopic (exact) mass is 355 g/mol. The zero-order valence-electron chi connectivity index (χ0n) is 13.1. The van der Waals surface area contributed by atoms with Crippen molar-refractivity contribution in [3.63, 3.8) is 0 Å². The van der Waals surface area contributed by atoms with Crippen molar-refractivity contribution < 1.29 is 27.4 Å². The third-order valence-corrected chi connectivity index (χ3v) is 3.72. The first-order chi connectivity index (χ1) is 11.9. The van der Waals surface area contributed by atoms with Crippen molar-refractivity contribution in [2.24, 2.45) is 0 Å². The first-order valence-electron chi connectivity index (χ1n) is 7.64. The lowest BCUT2D eigenvalue weighted by atomic mass is 10.2. The minimum absolute atomic E-state index is 0.0449. The van der Waals surface area contributed by atoms with Gasteiger partial charge in [-0.1, -0.05) is 6.07 Å². The molecule has 1 aliphatic rings. The molecule has 1 aromatic carbocycles. The van der Waals surface area contributed by atoms with Gasteiger partial charge >= 0.3 is 6.18 Å². The molecule has 0 spiro atoms. The standard InChI is InChI=1S/C16H16F3N3O3/c17-16(18,19)11-2-1-3-12(8-11)25-10-13-9-22(6-7-24-13)15(23)14-20-4-5-21-14/h1-5,8,13H,6-7,9-10H2,(H,20,21). The fourth-order valence-corrected chi connectivity index (χ4v) is 2.49. The number of carbonyl (C=O) groups is 1. The lowest BCUT2D eigenvalue weighted by molar-refractivity contribution is -0.137. The van der Waals surface area contributed by atoms with E-state index in [1.165, 1.54) is 18.3 Å². The highest BCUT2D eigenvalue weighted by Gasteiger charge is 2.31. The van der Waals surface area contributed by atoms with Crippen LogP contribution in [0, 0.1) is 0 Å². The van der Waals surface area contributed by atoms with Crippen molar-refractivity contribution in [2.45, 2.75) is 12.3 Å². The van der Waals surface area contributed by atoms with Gasteiger partial charge in [0.2, 0.25) is 0 Å². The molecule has 134 valence electrons. The summed E-state index contributed by atoms with van der Waals surface area (Å²) in [5.74, 6) is 0.0877. The van der Waals surface area contributed by atoms with Crippen LogP contribution in [-0.4, -0.2) is 53.2 Å². The van der Waals surface area contributed by atoms with Gasteiger partial charge in [0, 0.05) is 18.9 Å². The average molecular weight is 355 g/mol. The summed E-state index contributed by atoms with van der Waals surface area (Å²) in [6.07, 6.45) is -1.81. The summed E-state index contributed by atoms with van der Waals surface area (Å²) in [4.78, 5) is 20.5. The lowest BCUT2D eigenvalue weighted by Crippen LogP contribution is -2.47. The van der Waals surface area contributed by atoms with Gasteiger partial charge < -0.3 is 19.4 Å². The topological polar surface area (TPSA) is 67.5 Å². The Bertz CT molecular complexity index is 719. The summed E-state index contributed by atoms with van der Waals surface area (Å²) in [5, 5.41) is 0. The molecule has 3 rings (SSSR count). The summed E-state index contributed by atoms with van der Waals surface area (Å²) in [6.45, 7) is 1.06. The van der Waals surface area contributed by atoms with E-state index in [0.29, 0.717) is 13.2 Å². The second-order valence-corrected chi connectivity index (χ2v) is 5.52. The molecule has 1 aliphatic heterocycles. The Morgan fingerprint density at radius 2 is 2.28 bits per heavy atom. The molecule has 1 saturated heterocycles. The predicted octanol–water partition coefficient (Wildman–Crippen LogP) is 2.35. The molecule has 1 unspecified atom stereocenters. The van der Waals surface area contributed by atoms with E-state index in [0.717, 1.165) is 12.1 Å². The maximum Gasteiger partial charge on any atom is 0.416 e. The summed E-state index contributed by atoms with van der Waals surface area (Å²) in [6, 6.07) is 4.65. The molecule has 1 fully saturated rings. The molecule has 1 amide bonds. The molecular weight excluding hydrogens is 339 g/mol. The van der Waals surface area contributed by atoms with E-state index in [1.807, 2.05) is 0 Å². The molecule has 1 atom stereocenters. The molecule has 0 aliphatic carbocycles. The fourth-order valence-electron chi connectivity index (χ4n) is 2.49. The Labute approximate surface area is 141 Å². The number of hydrogen-bond donors (Lipinski definition) is 1. The van der Waals surface area contributed by atoms with Gasteiger partial charge in [0.1, 0.15) is 18.5 Å². The second kappa shape index (κ2) is 7.14. The molecule has 9 heteroatoms. The van der Waals surface area contributed by atoms with Gasteiger partial charge in [0.05, 0.1) is 18.7 Å². The number of amides is 1. The number of imidazole rings is 1. The summed E-state index contributed by atoms with van der Waals surface area (Å²) in [7, 11) is 0. The quantitative estimate of drug-likeness (QED) is 0.914. The van der Waals surface area contributed by atoms with Gasteiger partial charge in [-0.3, -0.25) is 4.79 Å². The number of nitrogens with zero attached hydrogens (tertiary/aromatic N) is 2. The van der Waals surface area contributed by atoms with E-state index in [1.54, 1.807) is 11.1 Å². The first kappa shape index (κ1) is 17.3. The molecule has 6 nitrogen and oxygen atoms in total. The van der Waals surface area contributed by atoms with Crippen LogP contribution >= 0.6 is 0 Å². The molecule has 0 radical (unpaired) electrons. The largest absolute Gasteiger partial charge is 0.491 e. The number of aromatic amines is 1. The highest BCUT2D eigenvalue weighted by atomic mass is 19.4. The SMILES string of the molecule is O=C(c1ncc[nH]1)N1CCOC(COc2cccc(C(F)(F)F)c2)C1. The highest BCUT2D eigenvalue weighted by molar-refractivity contribution is 5.90. The number of alkyl halides is 3. The third kappa shape index (κ3) is 4.30. The fraction of sp³-hybridized carbons (Fsp3) is 0.375. The van der Waals surface area contributed by atoms with Crippen LogP contribution in [0.5, 0.6) is 5.75 Å². The maximum absolute atomic E-state index is 12.7. The lowest BCUT2D eigenvalue weighted by Gasteiger charge is -2.32. The van der Waals surface area contributed by atoms with Crippen LogP contribution in [0.2, 0.25) is 0 Å². The van der Waals surface area contributed by atoms with Gasteiger partial charge in [-0.05, 0) is 18.2 Å². The molecule has 1 aromatic heterocycles. The number of benzene rings is 1. The first-order valence-corrected chi connectivity index (χ1v) is 7.64. The zero-order valence-corrected chi connectivity index (χ0v) is 13.1. The van der Waals surface area contributed by atoms with E-state index in [4.69, 9.17) is 9.47 Å². The summed E-state index contributed by atoms with van der Waals surface area (Å²) < 4.78 is 49.0. The van der Waals surface area contributed by atoms with Gasteiger partial charge in [-0.15, -0.1) is 0 Å². The van der Waals surface area contributed by atoms with E-state index >= 15 is 0 Å². The maximum atomic E-state index is 12.7. The molecule has 1 N–H and O–H groups in total. The van der Waals surface area contributed by atoms with Gasteiger partial charge in [-0.2, -0.15) is 13.2 Å². The van der Waals surface area contributed by atoms with E-state index in [2.05, 4.69) is 9.97 Å². The normalized spacial score (nSPS) is 18.2. The number of hydrogen-bond acceptors (Lipinski definition) is 4. The molecule has 0 saturated carbocycles. The zero-order chi connectivity index (χ0) is 17.9. The number of aromatic nitrogens is 2. The Hall–Kier alpha value is -2.55. The molecule has 25 heavy (non-hydrogen) atoms. The Balaban J connectivity index is 1.57. The van der Waals surface area contributed by atoms with Crippen LogP contribution in [0.3, 0.4) is 0 Å². The van der Waals surface area contributed by atoms with Crippen molar-refractivity contribution in [2.75, 3.05) is 26.3 Å². The van der Waals surface area contributed by atoms with Gasteiger partial charge in [-0.25, -0.2) is 4.98 Å². The van der Waals surface area contributed by atoms with Crippen LogP contribution in [0.1, 0.15) is 16.2 Å². The van der Waals surface area contributed by atoms with Gasteiger partial charge in [0.15, 0.2) is 5.82 Å². The molecular formula is C16H16F3N3O3. The van der Waals surface area contributed by atoms with Crippen LogP contribution in [-0.2, 0) is 10.9 Å². The van der Waals surface area contributed by atoms with E-state index in [9.17, 15) is 18.0 Å². The number of rotatable bonds is 4. The van der Waals surface area contributed by atoms with Gasteiger partial charge in [0.25, 0.3) is 5.91 Å². The summed E-state index contributed by atoms with van der Waals surface area (Å²) >= 11 is 0. The number of ether oxygens (including phenoxy) is 2. The number of morpholine rings is 1. The van der Waals surface area contributed by atoms with E-state index < -0.39 is 17.8 Å². The van der Waals surface area contributed by atoms with Crippen molar-refractivity contribution >= 4 is 5.91 Å². The average Bonchev–Trinajstić information content (AvgIpc) is 3.14. The third-order valence-electron chi connectivity index (χ3n) is 3.72. The highest BCUT2D eigenvalue weighted by Crippen LogP contribution is 2.31. The number of carbonyl (C=O) groups excluding carboxylic acids is 1. The number of H-pyrrole nitrogens is 1. The minimum Gasteiger partial charge on any atom is -0.491 e. The minimum atomic E-state index is -4.42. The molecule has 2 heterocycles. The summed E-state index contributed by atoms with van der Waals surface area (Å²) in [5.41, 5.74) is -0.774. The van der Waals surface area contributed by atoms with Crippen molar-refractivity contribution in [3.8, 4) is 5.75 Å². The smallest absolute Gasteiger partial charge is 0.416 e. The van der Waals surface area contributed by atoms with Crippen LogP contribution in [0.15, 0.2) is 36.7 Å². The van der Waals surface area contributed by atoms with Crippen molar-refractivity contribution in [3.05, 3.63) is 48.0 Å². The Morgan fingerprint density at radius 3 is 3.00 bits per heavy atom. The van der Waals surface area contributed by atoms with Crippen LogP contribution in [0.4, 0.5) is 13.2 Å². The molecule has 2 aromatic rings. The van der Waals surface area contributed by atoms with Crippen molar-refractivity contribution in [1.82, 2.24) is 14.9 Å². The van der Waals surface area contributed by atoms with E-state index in [-0.39, 0.29) is 30.6 Å². The second-order valence-electron chi connectivity index (χ2n) is 5.52. The van der Waals surface area contributed by atoms with Crippen LogP contribution in [0.25, 0.3) is 0 Å². The predicted molar refractivity (Wildman–Crippen MR) is 81.2 cm³/mol. The number of nitrogens with one attached hydrogen (secondary N) is 1. The van der Waals surface area contributed by atoms with Crippen LogP contribution < -0.4 is 4.74 Å². The Morgan fingerprint density at radius 1 is 1.44 bits per heavy atom. The van der Waals surface area contributed by atoms with Crippen molar-refractivity contribution in [1.29, 1.82) is 0 Å². The number of halogens is 3.